The predicted molar refractivity (Wildman–Crippen MR) is 90.7 cm³/mol. The third kappa shape index (κ3) is 3.69. The van der Waals surface area contributed by atoms with E-state index in [1.807, 2.05) is 30.5 Å². The van der Waals surface area contributed by atoms with E-state index in [2.05, 4.69) is 15.1 Å². The van der Waals surface area contributed by atoms with Crippen LogP contribution in [0.3, 0.4) is 0 Å². The van der Waals surface area contributed by atoms with Crippen LogP contribution >= 0.6 is 11.6 Å². The summed E-state index contributed by atoms with van der Waals surface area (Å²) in [5.41, 5.74) is 9.18. The molecular formula is C17H23ClN4. The van der Waals surface area contributed by atoms with Crippen LogP contribution in [-0.4, -0.2) is 34.7 Å². The van der Waals surface area contributed by atoms with Gasteiger partial charge in [0.2, 0.25) is 0 Å². The van der Waals surface area contributed by atoms with Crippen LogP contribution in [0.1, 0.15) is 24.8 Å². The summed E-state index contributed by atoms with van der Waals surface area (Å²) in [4.78, 5) is 2.52. The molecule has 0 aliphatic carbocycles. The summed E-state index contributed by atoms with van der Waals surface area (Å²) < 4.78 is 0. The fourth-order valence-electron chi connectivity index (χ4n) is 3.30. The van der Waals surface area contributed by atoms with E-state index in [9.17, 15) is 0 Å². The molecule has 1 atom stereocenters. The van der Waals surface area contributed by atoms with Crippen LogP contribution in [0.5, 0.6) is 0 Å². The molecule has 2 aromatic rings. The summed E-state index contributed by atoms with van der Waals surface area (Å²) in [5.74, 6) is 0.740. The van der Waals surface area contributed by atoms with Gasteiger partial charge in [-0.15, -0.1) is 0 Å². The number of rotatable bonds is 5. The number of aromatic nitrogens is 2. The van der Waals surface area contributed by atoms with Gasteiger partial charge in [0.1, 0.15) is 0 Å². The summed E-state index contributed by atoms with van der Waals surface area (Å²) in [6.45, 7) is 4.03. The van der Waals surface area contributed by atoms with Crippen LogP contribution in [0, 0.1) is 5.92 Å². The Kier molecular flexibility index (Phi) is 5.13. The zero-order valence-electron chi connectivity index (χ0n) is 12.8. The van der Waals surface area contributed by atoms with Crippen LogP contribution in [0.25, 0.3) is 11.3 Å². The Morgan fingerprint density at radius 2 is 2.14 bits per heavy atom. The predicted octanol–water partition coefficient (Wildman–Crippen LogP) is 3.29. The summed E-state index contributed by atoms with van der Waals surface area (Å²) in [5, 5.41) is 8.12. The minimum atomic E-state index is 0.740. The normalized spacial score (nSPS) is 19.5. The van der Waals surface area contributed by atoms with Crippen LogP contribution in [-0.2, 0) is 6.54 Å². The molecule has 5 heteroatoms. The molecular weight excluding hydrogens is 296 g/mol. The first-order valence-corrected chi connectivity index (χ1v) is 8.34. The maximum Gasteiger partial charge on any atom is 0.0695 e. The van der Waals surface area contributed by atoms with Gasteiger partial charge < -0.3 is 5.73 Å². The minimum absolute atomic E-state index is 0.740. The molecule has 1 aliphatic rings. The van der Waals surface area contributed by atoms with Gasteiger partial charge in [0.25, 0.3) is 0 Å². The highest BCUT2D eigenvalue weighted by Gasteiger charge is 2.20. The minimum Gasteiger partial charge on any atom is -0.330 e. The molecule has 1 aliphatic heterocycles. The van der Waals surface area contributed by atoms with Crippen molar-refractivity contribution in [1.82, 2.24) is 15.1 Å². The lowest BCUT2D eigenvalue weighted by atomic mass is 9.94. The van der Waals surface area contributed by atoms with E-state index in [1.165, 1.54) is 18.4 Å². The highest BCUT2D eigenvalue weighted by molar-refractivity contribution is 6.30. The number of nitrogens with two attached hydrogens (primary N) is 1. The van der Waals surface area contributed by atoms with Gasteiger partial charge >= 0.3 is 0 Å². The average molecular weight is 319 g/mol. The Morgan fingerprint density at radius 1 is 1.32 bits per heavy atom. The Bertz CT molecular complexity index is 591. The molecule has 0 radical (unpaired) electrons. The topological polar surface area (TPSA) is 57.9 Å². The number of likely N-dealkylation sites (tertiary alicyclic amines) is 1. The monoisotopic (exact) mass is 318 g/mol. The van der Waals surface area contributed by atoms with Crippen molar-refractivity contribution in [3.63, 3.8) is 0 Å². The quantitative estimate of drug-likeness (QED) is 0.889. The second-order valence-corrected chi connectivity index (χ2v) is 6.53. The van der Waals surface area contributed by atoms with E-state index >= 15 is 0 Å². The SMILES string of the molecule is NCCC1CCCN(Cc2cn[nH]c2-c2ccc(Cl)cc2)C1. The smallest absolute Gasteiger partial charge is 0.0695 e. The van der Waals surface area contributed by atoms with Gasteiger partial charge in [-0.1, -0.05) is 23.7 Å². The van der Waals surface area contributed by atoms with E-state index in [4.69, 9.17) is 17.3 Å². The van der Waals surface area contributed by atoms with Crippen LogP contribution in [0.15, 0.2) is 30.5 Å². The van der Waals surface area contributed by atoms with Crippen molar-refractivity contribution < 1.29 is 0 Å². The number of hydrogen-bond acceptors (Lipinski definition) is 3. The molecule has 2 heterocycles. The van der Waals surface area contributed by atoms with Crippen molar-refractivity contribution in [2.24, 2.45) is 11.7 Å². The highest BCUT2D eigenvalue weighted by atomic mass is 35.5. The molecule has 22 heavy (non-hydrogen) atoms. The molecule has 1 saturated heterocycles. The molecule has 1 aromatic carbocycles. The molecule has 3 rings (SSSR count). The maximum absolute atomic E-state index is 5.97. The van der Waals surface area contributed by atoms with Crippen molar-refractivity contribution >= 4 is 11.6 Å². The molecule has 0 amide bonds. The number of hydrogen-bond donors (Lipinski definition) is 2. The summed E-state index contributed by atoms with van der Waals surface area (Å²) >= 11 is 5.97. The van der Waals surface area contributed by atoms with Gasteiger partial charge in [0, 0.05) is 23.7 Å². The number of H-pyrrole nitrogens is 1. The Labute approximate surface area is 136 Å². The molecule has 118 valence electrons. The van der Waals surface area contributed by atoms with Gasteiger partial charge in [0.15, 0.2) is 0 Å². The number of piperidine rings is 1. The van der Waals surface area contributed by atoms with E-state index in [1.54, 1.807) is 0 Å². The molecule has 1 aromatic heterocycles. The first-order chi connectivity index (χ1) is 10.8. The van der Waals surface area contributed by atoms with Gasteiger partial charge in [-0.25, -0.2) is 0 Å². The lowest BCUT2D eigenvalue weighted by Crippen LogP contribution is -2.35. The lowest BCUT2D eigenvalue weighted by Gasteiger charge is -2.32. The van der Waals surface area contributed by atoms with Crippen LogP contribution in [0.2, 0.25) is 5.02 Å². The third-order valence-corrected chi connectivity index (χ3v) is 4.67. The van der Waals surface area contributed by atoms with Crippen molar-refractivity contribution in [3.8, 4) is 11.3 Å². The summed E-state index contributed by atoms with van der Waals surface area (Å²) in [7, 11) is 0. The number of halogens is 1. The molecule has 0 saturated carbocycles. The van der Waals surface area contributed by atoms with Crippen LogP contribution < -0.4 is 5.73 Å². The first-order valence-electron chi connectivity index (χ1n) is 7.97. The Balaban J connectivity index is 1.71. The van der Waals surface area contributed by atoms with Gasteiger partial charge in [-0.2, -0.15) is 5.10 Å². The van der Waals surface area contributed by atoms with Crippen molar-refractivity contribution in [1.29, 1.82) is 0 Å². The standard InChI is InChI=1S/C17H23ClN4/c18-16-5-3-14(4-6-16)17-15(10-20-21-17)12-22-9-1-2-13(11-22)7-8-19/h3-6,10,13H,1-2,7-9,11-12,19H2,(H,20,21). The van der Waals surface area contributed by atoms with Crippen molar-refractivity contribution in [2.75, 3.05) is 19.6 Å². The number of benzene rings is 1. The summed E-state index contributed by atoms with van der Waals surface area (Å²) in [6.07, 6.45) is 5.64. The Hall–Kier alpha value is -1.36. The third-order valence-electron chi connectivity index (χ3n) is 4.42. The lowest BCUT2D eigenvalue weighted by molar-refractivity contribution is 0.163. The highest BCUT2D eigenvalue weighted by Crippen LogP contribution is 2.26. The molecule has 1 unspecified atom stereocenters. The van der Waals surface area contributed by atoms with E-state index in [0.717, 1.165) is 54.8 Å². The van der Waals surface area contributed by atoms with Gasteiger partial charge in [0.05, 0.1) is 11.9 Å². The Morgan fingerprint density at radius 3 is 2.91 bits per heavy atom. The zero-order chi connectivity index (χ0) is 15.4. The fraction of sp³-hybridized carbons (Fsp3) is 0.471. The van der Waals surface area contributed by atoms with Gasteiger partial charge in [-0.05, 0) is 56.0 Å². The number of aromatic amines is 1. The van der Waals surface area contributed by atoms with Crippen molar-refractivity contribution in [3.05, 3.63) is 41.0 Å². The molecule has 0 bridgehead atoms. The fourth-order valence-corrected chi connectivity index (χ4v) is 3.43. The average Bonchev–Trinajstić information content (AvgIpc) is 2.97. The van der Waals surface area contributed by atoms with E-state index in [0.29, 0.717) is 0 Å². The van der Waals surface area contributed by atoms with Gasteiger partial charge in [-0.3, -0.25) is 10.00 Å². The van der Waals surface area contributed by atoms with E-state index < -0.39 is 0 Å². The number of nitrogens with one attached hydrogen (secondary N) is 1. The first kappa shape index (κ1) is 15.5. The molecule has 1 fully saturated rings. The molecule has 4 nitrogen and oxygen atoms in total. The van der Waals surface area contributed by atoms with E-state index in [-0.39, 0.29) is 0 Å². The molecule has 3 N–H and O–H groups in total. The largest absolute Gasteiger partial charge is 0.330 e. The zero-order valence-corrected chi connectivity index (χ0v) is 13.5. The van der Waals surface area contributed by atoms with Crippen molar-refractivity contribution in [2.45, 2.75) is 25.8 Å². The second kappa shape index (κ2) is 7.27. The molecule has 0 spiro atoms. The number of nitrogens with zero attached hydrogens (tertiary/aromatic N) is 2. The summed E-state index contributed by atoms with van der Waals surface area (Å²) in [6, 6.07) is 7.90. The second-order valence-electron chi connectivity index (χ2n) is 6.10. The van der Waals surface area contributed by atoms with Crippen LogP contribution in [0.4, 0.5) is 0 Å². The maximum atomic E-state index is 5.97.